The van der Waals surface area contributed by atoms with E-state index in [1.165, 1.54) is 11.9 Å². The van der Waals surface area contributed by atoms with Gasteiger partial charge in [0, 0.05) is 20.5 Å². The first-order valence-corrected chi connectivity index (χ1v) is 4.28. The Balaban J connectivity index is 2.57. The van der Waals surface area contributed by atoms with Crippen LogP contribution in [0.5, 0.6) is 0 Å². The number of carboxylic acids is 1. The molecule has 0 bridgehead atoms. The first-order chi connectivity index (χ1) is 7.00. The molecule has 15 heavy (non-hydrogen) atoms. The predicted molar refractivity (Wildman–Crippen MR) is 48.2 cm³/mol. The molecule has 0 aliphatic carbocycles. The zero-order valence-electron chi connectivity index (χ0n) is 8.43. The average molecular weight is 213 g/mol. The molecule has 0 saturated heterocycles. The number of hydrogen-bond donors (Lipinski definition) is 1. The van der Waals surface area contributed by atoms with Crippen LogP contribution in [0, 0.1) is 6.92 Å². The smallest absolute Gasteiger partial charge is 0.305 e. The van der Waals surface area contributed by atoms with E-state index in [9.17, 15) is 9.59 Å². The first kappa shape index (κ1) is 11.2. The molecule has 82 valence electrons. The molecule has 0 atom stereocenters. The van der Waals surface area contributed by atoms with Gasteiger partial charge in [-0.1, -0.05) is 5.16 Å². The Kier molecular flexibility index (Phi) is 3.37. The summed E-state index contributed by atoms with van der Waals surface area (Å²) in [6.45, 7) is 1.68. The molecule has 0 aromatic carbocycles. The normalized spacial score (nSPS) is 10.0. The molecule has 0 aliphatic heterocycles. The maximum absolute atomic E-state index is 11.5. The Hall–Kier alpha value is -1.92. The van der Waals surface area contributed by atoms with Crippen molar-refractivity contribution in [2.24, 2.45) is 0 Å². The monoisotopic (exact) mass is 213 g/mol. The number of rotatable bonds is 4. The molecule has 0 unspecified atom stereocenters. The largest absolute Gasteiger partial charge is 0.481 e. The van der Waals surface area contributed by atoms with Crippen LogP contribution >= 0.6 is 0 Å². The number of aryl methyl sites for hydroxylation is 1. The summed E-state index contributed by atoms with van der Waals surface area (Å²) in [5.41, 5.74) is 0. The molecule has 7 heteroatoms. The second-order valence-electron chi connectivity index (χ2n) is 3.01. The zero-order valence-corrected chi connectivity index (χ0v) is 8.43. The lowest BCUT2D eigenvalue weighted by Crippen LogP contribution is -2.29. The third-order valence-electron chi connectivity index (χ3n) is 1.73. The van der Waals surface area contributed by atoms with E-state index >= 15 is 0 Å². The molecule has 0 saturated carbocycles. The first-order valence-electron chi connectivity index (χ1n) is 4.28. The van der Waals surface area contributed by atoms with Gasteiger partial charge in [-0.2, -0.15) is 4.98 Å². The van der Waals surface area contributed by atoms with E-state index in [4.69, 9.17) is 5.11 Å². The second-order valence-corrected chi connectivity index (χ2v) is 3.01. The molecule has 1 aromatic rings. The number of carboxylic acid groups (broad SMARTS) is 1. The third-order valence-corrected chi connectivity index (χ3v) is 1.73. The van der Waals surface area contributed by atoms with Gasteiger partial charge in [0.2, 0.25) is 5.89 Å². The minimum absolute atomic E-state index is 0.0552. The van der Waals surface area contributed by atoms with Crippen molar-refractivity contribution < 1.29 is 19.2 Å². The van der Waals surface area contributed by atoms with E-state index in [1.54, 1.807) is 6.92 Å². The topological polar surface area (TPSA) is 96.5 Å². The van der Waals surface area contributed by atoms with Gasteiger partial charge in [-0.15, -0.1) is 0 Å². The molecule has 1 N–H and O–H groups in total. The summed E-state index contributed by atoms with van der Waals surface area (Å²) >= 11 is 0. The second kappa shape index (κ2) is 4.54. The van der Waals surface area contributed by atoms with Crippen LogP contribution in [-0.2, 0) is 4.79 Å². The van der Waals surface area contributed by atoms with Crippen molar-refractivity contribution in [2.45, 2.75) is 13.3 Å². The number of nitrogens with zero attached hydrogens (tertiary/aromatic N) is 3. The quantitative estimate of drug-likeness (QED) is 0.751. The van der Waals surface area contributed by atoms with Gasteiger partial charge in [-0.3, -0.25) is 9.59 Å². The maximum Gasteiger partial charge on any atom is 0.305 e. The lowest BCUT2D eigenvalue weighted by atomic mass is 10.4. The number of carbonyl (C=O) groups excluding carboxylic acids is 1. The minimum Gasteiger partial charge on any atom is -0.481 e. The van der Waals surface area contributed by atoms with Crippen LogP contribution in [0.3, 0.4) is 0 Å². The summed E-state index contributed by atoms with van der Waals surface area (Å²) in [7, 11) is 1.48. The van der Waals surface area contributed by atoms with E-state index < -0.39 is 11.9 Å². The van der Waals surface area contributed by atoms with E-state index in [0.717, 1.165) is 0 Å². The fourth-order valence-corrected chi connectivity index (χ4v) is 0.922. The molecule has 0 spiro atoms. The Labute approximate surface area is 85.7 Å². The van der Waals surface area contributed by atoms with Gasteiger partial charge in [0.1, 0.15) is 0 Å². The number of amides is 1. The van der Waals surface area contributed by atoms with Crippen LogP contribution in [0.25, 0.3) is 0 Å². The minimum atomic E-state index is -0.959. The Morgan fingerprint density at radius 3 is 2.67 bits per heavy atom. The molecule has 1 amide bonds. The lowest BCUT2D eigenvalue weighted by molar-refractivity contribution is -0.137. The summed E-state index contributed by atoms with van der Waals surface area (Å²) < 4.78 is 4.64. The number of carbonyl (C=O) groups is 2. The molecular weight excluding hydrogens is 202 g/mol. The van der Waals surface area contributed by atoms with Crippen molar-refractivity contribution in [3.05, 3.63) is 11.7 Å². The highest BCUT2D eigenvalue weighted by molar-refractivity contribution is 5.90. The van der Waals surface area contributed by atoms with Crippen molar-refractivity contribution in [1.29, 1.82) is 0 Å². The molecule has 1 heterocycles. The maximum atomic E-state index is 11.5. The van der Waals surface area contributed by atoms with Crippen LogP contribution in [0.15, 0.2) is 4.52 Å². The third kappa shape index (κ3) is 3.04. The van der Waals surface area contributed by atoms with Gasteiger partial charge in [0.15, 0.2) is 0 Å². The number of aromatic nitrogens is 2. The van der Waals surface area contributed by atoms with Crippen molar-refractivity contribution in [3.63, 3.8) is 0 Å². The molecular formula is C8H11N3O4. The summed E-state index contributed by atoms with van der Waals surface area (Å²) in [5.74, 6) is -1.17. The van der Waals surface area contributed by atoms with E-state index in [2.05, 4.69) is 14.7 Å². The summed E-state index contributed by atoms with van der Waals surface area (Å²) in [6, 6.07) is 0. The Morgan fingerprint density at radius 1 is 1.53 bits per heavy atom. The SMILES string of the molecule is Cc1nc(C(=O)N(C)CCC(=O)O)no1. The summed E-state index contributed by atoms with van der Waals surface area (Å²) in [4.78, 5) is 26.8. The van der Waals surface area contributed by atoms with Crippen LogP contribution in [0.1, 0.15) is 22.9 Å². The van der Waals surface area contributed by atoms with Crippen LogP contribution in [-0.4, -0.2) is 45.6 Å². The molecule has 0 aliphatic rings. The molecule has 0 fully saturated rings. The molecule has 7 nitrogen and oxygen atoms in total. The van der Waals surface area contributed by atoms with E-state index in [-0.39, 0.29) is 18.8 Å². The highest BCUT2D eigenvalue weighted by Gasteiger charge is 2.17. The zero-order chi connectivity index (χ0) is 11.4. The van der Waals surface area contributed by atoms with Crippen LogP contribution in [0.2, 0.25) is 0 Å². The summed E-state index contributed by atoms with van der Waals surface area (Å²) in [5, 5.41) is 11.9. The highest BCUT2D eigenvalue weighted by Crippen LogP contribution is 2.00. The van der Waals surface area contributed by atoms with Gasteiger partial charge in [0.25, 0.3) is 11.7 Å². The lowest BCUT2D eigenvalue weighted by Gasteiger charge is -2.12. The highest BCUT2D eigenvalue weighted by atomic mass is 16.5. The van der Waals surface area contributed by atoms with Gasteiger partial charge in [0.05, 0.1) is 6.42 Å². The average Bonchev–Trinajstić information content (AvgIpc) is 2.60. The van der Waals surface area contributed by atoms with Gasteiger partial charge in [-0.25, -0.2) is 0 Å². The van der Waals surface area contributed by atoms with Crippen LogP contribution in [0.4, 0.5) is 0 Å². The molecule has 1 rings (SSSR count). The fourth-order valence-electron chi connectivity index (χ4n) is 0.922. The van der Waals surface area contributed by atoms with Crippen molar-refractivity contribution in [3.8, 4) is 0 Å². The predicted octanol–water partition coefficient (Wildman–Crippen LogP) is -0.0753. The Bertz CT molecular complexity index is 374. The van der Waals surface area contributed by atoms with Crippen molar-refractivity contribution >= 4 is 11.9 Å². The number of aliphatic carboxylic acids is 1. The molecule has 0 radical (unpaired) electrons. The van der Waals surface area contributed by atoms with Crippen molar-refractivity contribution in [1.82, 2.24) is 15.0 Å². The standard InChI is InChI=1S/C8H11N3O4/c1-5-9-7(10-15-5)8(14)11(2)4-3-6(12)13/h3-4H2,1-2H3,(H,12,13). The van der Waals surface area contributed by atoms with Crippen LogP contribution < -0.4 is 0 Å². The van der Waals surface area contributed by atoms with Gasteiger partial charge >= 0.3 is 5.97 Å². The number of hydrogen-bond acceptors (Lipinski definition) is 5. The van der Waals surface area contributed by atoms with Gasteiger partial charge in [-0.05, 0) is 0 Å². The molecule has 1 aromatic heterocycles. The van der Waals surface area contributed by atoms with Gasteiger partial charge < -0.3 is 14.5 Å². The van der Waals surface area contributed by atoms with E-state index in [0.29, 0.717) is 5.89 Å². The summed E-state index contributed by atoms with van der Waals surface area (Å²) in [6.07, 6.45) is -0.112. The van der Waals surface area contributed by atoms with E-state index in [1.807, 2.05) is 0 Å². The Morgan fingerprint density at radius 2 is 2.20 bits per heavy atom. The van der Waals surface area contributed by atoms with Crippen molar-refractivity contribution in [2.75, 3.05) is 13.6 Å². The fraction of sp³-hybridized carbons (Fsp3) is 0.500.